The third-order valence-electron chi connectivity index (χ3n) is 2.89. The van der Waals surface area contributed by atoms with Crippen LogP contribution in [-0.2, 0) is 4.74 Å². The molecule has 0 aliphatic heterocycles. The van der Waals surface area contributed by atoms with Crippen LogP contribution in [0.1, 0.15) is 46.5 Å². The Bertz CT molecular complexity index is 581. The Labute approximate surface area is 128 Å². The second-order valence-electron chi connectivity index (χ2n) is 4.72. The smallest absolute Gasteiger partial charge is 0.338 e. The summed E-state index contributed by atoms with van der Waals surface area (Å²) in [4.78, 5) is 25.5. The van der Waals surface area contributed by atoms with Gasteiger partial charge in [-0.05, 0) is 37.1 Å². The predicted molar refractivity (Wildman–Crippen MR) is 79.8 cm³/mol. The van der Waals surface area contributed by atoms with E-state index in [-0.39, 0.29) is 29.2 Å². The molecule has 0 heterocycles. The third kappa shape index (κ3) is 4.95. The molecular formula is C16H19F2NO3. The molecule has 0 fully saturated rings. The molecule has 0 bridgehead atoms. The molecule has 0 aromatic heterocycles. The number of benzene rings is 1. The van der Waals surface area contributed by atoms with E-state index in [0.717, 1.165) is 6.42 Å². The Morgan fingerprint density at radius 1 is 1.18 bits per heavy atom. The lowest BCUT2D eigenvalue weighted by Gasteiger charge is -2.17. The van der Waals surface area contributed by atoms with Crippen molar-refractivity contribution in [3.63, 3.8) is 0 Å². The van der Waals surface area contributed by atoms with Crippen molar-refractivity contribution >= 4 is 18.0 Å². The van der Waals surface area contributed by atoms with Gasteiger partial charge in [0.25, 0.3) is 12.0 Å². The maximum absolute atomic E-state index is 12.5. The van der Waals surface area contributed by atoms with Crippen LogP contribution in [-0.4, -0.2) is 37.0 Å². The zero-order valence-electron chi connectivity index (χ0n) is 12.9. The van der Waals surface area contributed by atoms with E-state index < -0.39 is 12.0 Å². The van der Waals surface area contributed by atoms with E-state index in [1.54, 1.807) is 14.0 Å². The van der Waals surface area contributed by atoms with Gasteiger partial charge in [0, 0.05) is 25.2 Å². The maximum Gasteiger partial charge on any atom is 0.338 e. The van der Waals surface area contributed by atoms with Crippen molar-refractivity contribution in [3.05, 3.63) is 41.0 Å². The van der Waals surface area contributed by atoms with Crippen LogP contribution in [0.3, 0.4) is 0 Å². The van der Waals surface area contributed by atoms with E-state index in [4.69, 9.17) is 4.74 Å². The molecule has 6 heteroatoms. The molecular weight excluding hydrogens is 292 g/mol. The third-order valence-corrected chi connectivity index (χ3v) is 2.89. The van der Waals surface area contributed by atoms with Gasteiger partial charge < -0.3 is 9.64 Å². The SMILES string of the molecule is CCCN(C)C(=O)c1cc(C=C(F)F)cc(C(=O)OCC)c1. The van der Waals surface area contributed by atoms with Gasteiger partial charge in [0.15, 0.2) is 0 Å². The van der Waals surface area contributed by atoms with Crippen LogP contribution in [0.2, 0.25) is 0 Å². The normalized spacial score (nSPS) is 10.0. The summed E-state index contributed by atoms with van der Waals surface area (Å²) < 4.78 is 29.8. The van der Waals surface area contributed by atoms with E-state index in [0.29, 0.717) is 12.6 Å². The Morgan fingerprint density at radius 2 is 1.82 bits per heavy atom. The molecule has 1 aromatic carbocycles. The fourth-order valence-electron chi connectivity index (χ4n) is 1.97. The first kappa shape index (κ1) is 17.8. The van der Waals surface area contributed by atoms with Crippen LogP contribution in [0.4, 0.5) is 8.78 Å². The Morgan fingerprint density at radius 3 is 2.36 bits per heavy atom. The Kier molecular flexibility index (Phi) is 6.69. The van der Waals surface area contributed by atoms with Crippen LogP contribution < -0.4 is 0 Å². The van der Waals surface area contributed by atoms with Gasteiger partial charge >= 0.3 is 5.97 Å². The predicted octanol–water partition coefficient (Wildman–Crippen LogP) is 3.58. The minimum Gasteiger partial charge on any atom is -0.462 e. The first-order chi connectivity index (χ1) is 10.4. The highest BCUT2D eigenvalue weighted by Crippen LogP contribution is 2.17. The van der Waals surface area contributed by atoms with Gasteiger partial charge in [-0.2, -0.15) is 8.78 Å². The molecule has 1 rings (SSSR count). The summed E-state index contributed by atoms with van der Waals surface area (Å²) in [6.45, 7) is 4.26. The topological polar surface area (TPSA) is 46.6 Å². The average molecular weight is 311 g/mol. The van der Waals surface area contributed by atoms with Crippen molar-refractivity contribution in [1.29, 1.82) is 0 Å². The quantitative estimate of drug-likeness (QED) is 0.754. The van der Waals surface area contributed by atoms with Crippen LogP contribution in [0.25, 0.3) is 6.08 Å². The van der Waals surface area contributed by atoms with Crippen LogP contribution in [0.5, 0.6) is 0 Å². The van der Waals surface area contributed by atoms with Crippen LogP contribution >= 0.6 is 0 Å². The molecule has 1 amide bonds. The summed E-state index contributed by atoms with van der Waals surface area (Å²) in [7, 11) is 1.62. The number of amides is 1. The summed E-state index contributed by atoms with van der Waals surface area (Å²) in [5.74, 6) is -0.980. The van der Waals surface area contributed by atoms with E-state index >= 15 is 0 Å². The number of esters is 1. The second kappa shape index (κ2) is 8.26. The zero-order valence-corrected chi connectivity index (χ0v) is 12.9. The number of hydrogen-bond donors (Lipinski definition) is 0. The van der Waals surface area contributed by atoms with Gasteiger partial charge in [0.2, 0.25) is 0 Å². The molecule has 120 valence electrons. The first-order valence-electron chi connectivity index (χ1n) is 6.99. The van der Waals surface area contributed by atoms with E-state index in [1.807, 2.05) is 6.92 Å². The monoisotopic (exact) mass is 311 g/mol. The van der Waals surface area contributed by atoms with E-state index in [9.17, 15) is 18.4 Å². The maximum atomic E-state index is 12.5. The number of ether oxygens (including phenoxy) is 1. The highest BCUT2D eigenvalue weighted by Gasteiger charge is 2.16. The van der Waals surface area contributed by atoms with E-state index in [1.165, 1.54) is 23.1 Å². The number of rotatable bonds is 6. The molecule has 0 atom stereocenters. The van der Waals surface area contributed by atoms with Crippen molar-refractivity contribution in [2.24, 2.45) is 0 Å². The van der Waals surface area contributed by atoms with Gasteiger partial charge in [-0.1, -0.05) is 6.92 Å². The lowest BCUT2D eigenvalue weighted by molar-refractivity contribution is 0.0526. The summed E-state index contributed by atoms with van der Waals surface area (Å²) >= 11 is 0. The molecule has 0 spiro atoms. The average Bonchev–Trinajstić information content (AvgIpc) is 2.45. The fraction of sp³-hybridized carbons (Fsp3) is 0.375. The summed E-state index contributed by atoms with van der Waals surface area (Å²) in [6.07, 6.45) is -0.522. The van der Waals surface area contributed by atoms with Gasteiger partial charge in [0.05, 0.1) is 12.2 Å². The minimum atomic E-state index is -1.90. The molecule has 0 saturated carbocycles. The van der Waals surface area contributed by atoms with Gasteiger partial charge in [-0.25, -0.2) is 4.79 Å². The molecule has 0 aliphatic rings. The fourth-order valence-corrected chi connectivity index (χ4v) is 1.97. The number of nitrogens with zero attached hydrogens (tertiary/aromatic N) is 1. The molecule has 0 saturated heterocycles. The molecule has 0 N–H and O–H groups in total. The molecule has 0 aliphatic carbocycles. The Hall–Kier alpha value is -2.24. The molecule has 4 nitrogen and oxygen atoms in total. The number of halogens is 2. The lowest BCUT2D eigenvalue weighted by Crippen LogP contribution is -2.27. The van der Waals surface area contributed by atoms with E-state index in [2.05, 4.69) is 0 Å². The van der Waals surface area contributed by atoms with Crippen molar-refractivity contribution in [3.8, 4) is 0 Å². The summed E-state index contributed by atoms with van der Waals surface area (Å²) in [5, 5.41) is 0. The van der Waals surface area contributed by atoms with Crippen molar-refractivity contribution in [1.82, 2.24) is 4.90 Å². The van der Waals surface area contributed by atoms with Gasteiger partial charge in [-0.3, -0.25) is 4.79 Å². The van der Waals surface area contributed by atoms with Gasteiger partial charge in [-0.15, -0.1) is 0 Å². The van der Waals surface area contributed by atoms with Crippen LogP contribution in [0.15, 0.2) is 24.3 Å². The Balaban J connectivity index is 3.26. The largest absolute Gasteiger partial charge is 0.462 e. The van der Waals surface area contributed by atoms with Gasteiger partial charge in [0.1, 0.15) is 0 Å². The molecule has 0 radical (unpaired) electrons. The van der Waals surface area contributed by atoms with Crippen molar-refractivity contribution < 1.29 is 23.1 Å². The molecule has 22 heavy (non-hydrogen) atoms. The standard InChI is InChI=1S/C16H19F2NO3/c1-4-6-19(3)15(20)12-7-11(9-14(17)18)8-13(10-12)16(21)22-5-2/h7-10H,4-6H2,1-3H3. The second-order valence-corrected chi connectivity index (χ2v) is 4.72. The molecule has 1 aromatic rings. The number of carbonyl (C=O) groups is 2. The molecule has 0 unspecified atom stereocenters. The lowest BCUT2D eigenvalue weighted by atomic mass is 10.0. The highest BCUT2D eigenvalue weighted by atomic mass is 19.3. The minimum absolute atomic E-state index is 0.0742. The number of hydrogen-bond acceptors (Lipinski definition) is 3. The summed E-state index contributed by atoms with van der Waals surface area (Å²) in [6, 6.07) is 3.96. The van der Waals surface area contributed by atoms with Crippen molar-refractivity contribution in [2.75, 3.05) is 20.2 Å². The highest BCUT2D eigenvalue weighted by molar-refractivity contribution is 5.98. The summed E-state index contributed by atoms with van der Waals surface area (Å²) in [5.41, 5.74) is 0.331. The van der Waals surface area contributed by atoms with Crippen LogP contribution in [0, 0.1) is 0 Å². The number of carbonyl (C=O) groups excluding carboxylic acids is 2. The zero-order chi connectivity index (χ0) is 16.7. The first-order valence-corrected chi connectivity index (χ1v) is 6.99. The van der Waals surface area contributed by atoms with Crippen molar-refractivity contribution in [2.45, 2.75) is 20.3 Å².